The minimum Gasteiger partial charge on any atom is -0.0882 e. The van der Waals surface area contributed by atoms with Gasteiger partial charge in [-0.2, -0.15) is 0 Å². The molecule has 2 rings (SSSR count). The molecule has 0 radical (unpaired) electrons. The van der Waals surface area contributed by atoms with Gasteiger partial charge in [0.25, 0.3) is 0 Å². The summed E-state index contributed by atoms with van der Waals surface area (Å²) in [6.07, 6.45) is 30.0. The summed E-state index contributed by atoms with van der Waals surface area (Å²) in [7, 11) is 0. The zero-order valence-corrected chi connectivity index (χ0v) is 14.9. The number of hydrogen-bond donors (Lipinski definition) is 0. The summed E-state index contributed by atoms with van der Waals surface area (Å²) in [6.45, 7) is 2.30. The van der Waals surface area contributed by atoms with Crippen LogP contribution in [0.25, 0.3) is 0 Å². The summed E-state index contributed by atoms with van der Waals surface area (Å²) in [5.74, 6) is 2.68. The lowest BCUT2D eigenvalue weighted by molar-refractivity contribution is 0.543. The first-order chi connectivity index (χ1) is 10.9. The van der Waals surface area contributed by atoms with Gasteiger partial charge in [0, 0.05) is 0 Å². The van der Waals surface area contributed by atoms with Crippen molar-refractivity contribution in [2.75, 3.05) is 0 Å². The molecule has 0 aromatic carbocycles. The van der Waals surface area contributed by atoms with Crippen LogP contribution in [0.2, 0.25) is 0 Å². The summed E-state index contributed by atoms with van der Waals surface area (Å²) < 4.78 is 0. The Morgan fingerprint density at radius 1 is 0.773 bits per heavy atom. The largest absolute Gasteiger partial charge is 0.0882 e. The Labute approximate surface area is 139 Å². The van der Waals surface area contributed by atoms with Crippen LogP contribution >= 0.6 is 0 Å². The quantitative estimate of drug-likeness (QED) is 0.245. The van der Waals surface area contributed by atoms with Gasteiger partial charge < -0.3 is 0 Å². The molecule has 0 N–H and O–H groups in total. The predicted molar refractivity (Wildman–Crippen MR) is 99.1 cm³/mol. The second kappa shape index (κ2) is 11.1. The van der Waals surface area contributed by atoms with Gasteiger partial charge in [-0.25, -0.2) is 0 Å². The topological polar surface area (TPSA) is 0 Å². The second-order valence-corrected chi connectivity index (χ2v) is 7.70. The van der Waals surface area contributed by atoms with Gasteiger partial charge in [-0.1, -0.05) is 95.4 Å². The molecule has 22 heavy (non-hydrogen) atoms. The van der Waals surface area contributed by atoms with E-state index in [4.69, 9.17) is 0 Å². The normalized spacial score (nSPS) is 26.5. The molecular weight excluding hydrogens is 264 g/mol. The first-order valence-corrected chi connectivity index (χ1v) is 10.2. The summed E-state index contributed by atoms with van der Waals surface area (Å²) >= 11 is 0. The van der Waals surface area contributed by atoms with Crippen LogP contribution in [0.4, 0.5) is 0 Å². The Morgan fingerprint density at radius 3 is 1.95 bits per heavy atom. The molecule has 126 valence electrons. The maximum atomic E-state index is 2.53. The molecular formula is C22H38. The van der Waals surface area contributed by atoms with Crippen molar-refractivity contribution in [2.45, 2.75) is 96.8 Å². The van der Waals surface area contributed by atoms with Crippen molar-refractivity contribution >= 4 is 0 Å². The third kappa shape index (κ3) is 6.71. The highest BCUT2D eigenvalue weighted by Gasteiger charge is 2.33. The van der Waals surface area contributed by atoms with Crippen molar-refractivity contribution in [3.05, 3.63) is 24.3 Å². The standard InChI is InChI=1S/C22H38/c1-2-3-4-5-6-7-8-9-10-11-12-13-14-15-21-18-20-16-17-22(21)19-20/h14-17,20-22H,2-13,18-19H2,1H3. The molecule has 0 nitrogen and oxygen atoms in total. The highest BCUT2D eigenvalue weighted by Crippen LogP contribution is 2.43. The molecule has 3 unspecified atom stereocenters. The van der Waals surface area contributed by atoms with Gasteiger partial charge in [0.15, 0.2) is 0 Å². The average molecular weight is 303 g/mol. The van der Waals surface area contributed by atoms with Crippen LogP contribution in [0.15, 0.2) is 24.3 Å². The lowest BCUT2D eigenvalue weighted by Gasteiger charge is -2.12. The minimum atomic E-state index is 0.878. The van der Waals surface area contributed by atoms with E-state index in [9.17, 15) is 0 Å². The molecule has 2 aliphatic rings. The summed E-state index contributed by atoms with van der Waals surface area (Å²) in [4.78, 5) is 0. The number of hydrogen-bond acceptors (Lipinski definition) is 0. The first kappa shape index (κ1) is 17.8. The van der Waals surface area contributed by atoms with Crippen molar-refractivity contribution in [1.29, 1.82) is 0 Å². The molecule has 0 saturated heterocycles. The van der Waals surface area contributed by atoms with Gasteiger partial charge in [-0.15, -0.1) is 0 Å². The molecule has 1 fully saturated rings. The number of allylic oxidation sites excluding steroid dienone is 4. The molecule has 0 aromatic heterocycles. The van der Waals surface area contributed by atoms with Crippen LogP contribution in [0.5, 0.6) is 0 Å². The first-order valence-electron chi connectivity index (χ1n) is 10.2. The van der Waals surface area contributed by atoms with Crippen LogP contribution in [0.1, 0.15) is 96.8 Å². The Kier molecular flexibility index (Phi) is 8.98. The highest BCUT2D eigenvalue weighted by atomic mass is 14.4. The van der Waals surface area contributed by atoms with Gasteiger partial charge in [-0.3, -0.25) is 0 Å². The van der Waals surface area contributed by atoms with Crippen molar-refractivity contribution in [3.63, 3.8) is 0 Å². The molecule has 0 heteroatoms. The fourth-order valence-electron chi connectivity index (χ4n) is 4.24. The summed E-state index contributed by atoms with van der Waals surface area (Å²) in [6, 6.07) is 0. The van der Waals surface area contributed by atoms with Gasteiger partial charge in [-0.05, 0) is 43.4 Å². The Balaban J connectivity index is 1.32. The third-order valence-electron chi connectivity index (χ3n) is 5.69. The molecule has 0 amide bonds. The van der Waals surface area contributed by atoms with E-state index in [-0.39, 0.29) is 0 Å². The van der Waals surface area contributed by atoms with E-state index in [1.165, 1.54) is 89.9 Å². The van der Waals surface area contributed by atoms with E-state index < -0.39 is 0 Å². The van der Waals surface area contributed by atoms with E-state index in [0.29, 0.717) is 0 Å². The molecule has 2 bridgehead atoms. The molecule has 1 saturated carbocycles. The SMILES string of the molecule is CCCCCCCCCCCCCC=CC1CC2C=CC1C2. The maximum Gasteiger partial charge on any atom is -0.0165 e. The summed E-state index contributed by atoms with van der Waals surface area (Å²) in [5.41, 5.74) is 0. The van der Waals surface area contributed by atoms with Gasteiger partial charge in [0.05, 0.1) is 0 Å². The fraction of sp³-hybridized carbons (Fsp3) is 0.818. The van der Waals surface area contributed by atoms with Crippen LogP contribution in [-0.4, -0.2) is 0 Å². The van der Waals surface area contributed by atoms with Crippen molar-refractivity contribution in [1.82, 2.24) is 0 Å². The molecule has 0 heterocycles. The highest BCUT2D eigenvalue weighted by molar-refractivity contribution is 5.14. The van der Waals surface area contributed by atoms with Crippen LogP contribution in [0, 0.1) is 17.8 Å². The Hall–Kier alpha value is -0.520. The van der Waals surface area contributed by atoms with E-state index in [1.54, 1.807) is 0 Å². The van der Waals surface area contributed by atoms with Crippen molar-refractivity contribution in [2.24, 2.45) is 17.8 Å². The fourth-order valence-corrected chi connectivity index (χ4v) is 4.24. The van der Waals surface area contributed by atoms with E-state index in [2.05, 4.69) is 31.2 Å². The number of rotatable bonds is 13. The van der Waals surface area contributed by atoms with E-state index in [1.807, 2.05) is 0 Å². The van der Waals surface area contributed by atoms with Gasteiger partial charge >= 0.3 is 0 Å². The zero-order valence-electron chi connectivity index (χ0n) is 14.9. The average Bonchev–Trinajstić information content (AvgIpc) is 3.14. The van der Waals surface area contributed by atoms with Gasteiger partial charge in [0.1, 0.15) is 0 Å². The Morgan fingerprint density at radius 2 is 1.41 bits per heavy atom. The molecule has 2 aliphatic carbocycles. The lowest BCUT2D eigenvalue weighted by Crippen LogP contribution is -2.02. The minimum absolute atomic E-state index is 0.878. The number of fused-ring (bicyclic) bond motifs is 2. The number of unbranched alkanes of at least 4 members (excludes halogenated alkanes) is 11. The van der Waals surface area contributed by atoms with Crippen LogP contribution in [0.3, 0.4) is 0 Å². The van der Waals surface area contributed by atoms with Crippen molar-refractivity contribution in [3.8, 4) is 0 Å². The maximum absolute atomic E-state index is 2.53. The zero-order chi connectivity index (χ0) is 15.5. The van der Waals surface area contributed by atoms with E-state index in [0.717, 1.165) is 17.8 Å². The monoisotopic (exact) mass is 302 g/mol. The second-order valence-electron chi connectivity index (χ2n) is 7.70. The molecule has 0 aliphatic heterocycles. The smallest absolute Gasteiger partial charge is 0.0165 e. The third-order valence-corrected chi connectivity index (χ3v) is 5.69. The van der Waals surface area contributed by atoms with Crippen molar-refractivity contribution < 1.29 is 0 Å². The lowest BCUT2D eigenvalue weighted by atomic mass is 9.93. The van der Waals surface area contributed by atoms with Crippen LogP contribution in [-0.2, 0) is 0 Å². The molecule has 3 atom stereocenters. The molecule has 0 aromatic rings. The summed E-state index contributed by atoms with van der Waals surface area (Å²) in [5, 5.41) is 0. The van der Waals surface area contributed by atoms with E-state index >= 15 is 0 Å². The van der Waals surface area contributed by atoms with Gasteiger partial charge in [0.2, 0.25) is 0 Å². The predicted octanol–water partition coefficient (Wildman–Crippen LogP) is 7.46. The molecule has 0 spiro atoms. The van der Waals surface area contributed by atoms with Crippen LogP contribution < -0.4 is 0 Å². The Bertz CT molecular complexity index is 325.